The first-order chi connectivity index (χ1) is 34.2. The highest BCUT2D eigenvalue weighted by Gasteiger charge is 2.38. The van der Waals surface area contributed by atoms with Crippen LogP contribution in [-0.2, 0) is 24.0 Å². The monoisotopic (exact) mass is 1100 g/mol. The molecule has 9 N–H and O–H groups in total. The Morgan fingerprint density at radius 2 is 0.958 bits per heavy atom. The van der Waals surface area contributed by atoms with Crippen LogP contribution in [0.25, 0.3) is 0 Å². The molecule has 17 nitrogen and oxygen atoms in total. The number of carbonyl (C=O) groups is 5. The van der Waals surface area contributed by atoms with E-state index < -0.39 is 30.3 Å². The third-order valence-electron chi connectivity index (χ3n) is 11.1. The fourth-order valence-corrected chi connectivity index (χ4v) is 7.97. The lowest BCUT2D eigenvalue weighted by atomic mass is 9.91. The van der Waals surface area contributed by atoms with E-state index in [4.69, 9.17) is 86.1 Å². The number of nitrogens with one attached hydrogen (secondary N) is 5. The van der Waals surface area contributed by atoms with Gasteiger partial charge in [0.05, 0.1) is 24.5 Å². The molecule has 4 aromatic rings. The Kier molecular flexibility index (Phi) is 21.9. The highest BCUT2D eigenvalue weighted by Crippen LogP contribution is 2.33. The quantitative estimate of drug-likeness (QED) is 0.0697. The maximum Gasteiger partial charge on any atom is 0.490 e. The molecule has 0 saturated heterocycles. The molecule has 24 heteroatoms. The summed E-state index contributed by atoms with van der Waals surface area (Å²) in [5.41, 5.74) is 7.43. The van der Waals surface area contributed by atoms with Gasteiger partial charge in [0.25, 0.3) is 17.7 Å². The first kappa shape index (κ1) is 56.8. The molecule has 4 aliphatic rings. The summed E-state index contributed by atoms with van der Waals surface area (Å²) in [4.78, 5) is 56.1. The molecule has 2 aliphatic heterocycles. The van der Waals surface area contributed by atoms with Crippen LogP contribution in [0.2, 0.25) is 20.1 Å². The van der Waals surface area contributed by atoms with Crippen LogP contribution >= 0.6 is 46.4 Å². The van der Waals surface area contributed by atoms with Crippen molar-refractivity contribution in [1.82, 2.24) is 16.0 Å². The highest BCUT2D eigenvalue weighted by molar-refractivity contribution is 6.31. The molecule has 2 aliphatic carbocycles. The first-order valence-electron chi connectivity index (χ1n) is 22.5. The summed E-state index contributed by atoms with van der Waals surface area (Å²) >= 11 is 23.4. The molecular formula is C48H63Cl4F3N6O11. The molecule has 0 radical (unpaired) electrons. The Bertz CT molecular complexity index is 2470. The van der Waals surface area contributed by atoms with E-state index in [9.17, 15) is 32.3 Å². The summed E-state index contributed by atoms with van der Waals surface area (Å²) in [5, 5.41) is 33.4. The van der Waals surface area contributed by atoms with Crippen molar-refractivity contribution in [1.29, 1.82) is 0 Å². The van der Waals surface area contributed by atoms with Gasteiger partial charge in [-0.3, -0.25) is 14.4 Å². The van der Waals surface area contributed by atoms with Crippen molar-refractivity contribution in [2.45, 2.75) is 93.9 Å². The van der Waals surface area contributed by atoms with Crippen molar-refractivity contribution < 1.29 is 73.4 Å². The second-order valence-electron chi connectivity index (χ2n) is 16.7. The SMILES string of the molecule is NC1CCC(NC(=O)COc2ccc(Cl)cc2)CC1.O=C(COc1ccc(Cl)cc1)NC1CCC(NC(=O)C2CNc3ccc(Cl)cc3O2)CC1.O=C(O)C(F)(F)F.O=C(O)C1CNc2ccc(Cl)cc2O1.[HH].[HH].[HH].[HH].[HH]. The number of hydrogen-bond donors (Lipinski definition) is 8. The van der Waals surface area contributed by atoms with Crippen molar-refractivity contribution in [3.8, 4) is 23.0 Å². The molecule has 4 aromatic carbocycles. The van der Waals surface area contributed by atoms with Crippen molar-refractivity contribution in [3.05, 3.63) is 105 Å². The van der Waals surface area contributed by atoms with Gasteiger partial charge in [0.2, 0.25) is 6.10 Å². The molecule has 2 atom stereocenters. The van der Waals surface area contributed by atoms with Gasteiger partial charge in [-0.1, -0.05) is 46.4 Å². The number of carboxylic acids is 2. The molecule has 3 amide bonds. The van der Waals surface area contributed by atoms with Gasteiger partial charge < -0.3 is 61.5 Å². The molecular weight excluding hydrogens is 1040 g/mol. The average molecular weight is 1100 g/mol. The Balaban J connectivity index is 0.00000110. The number of ether oxygens (including phenoxy) is 4. The van der Waals surface area contributed by atoms with Crippen molar-refractivity contribution >= 4 is 87.4 Å². The number of aliphatic carboxylic acids is 2. The fraction of sp³-hybridized carbons (Fsp3) is 0.396. The minimum Gasteiger partial charge on any atom is -0.484 e. The van der Waals surface area contributed by atoms with Crippen LogP contribution in [-0.4, -0.2) is 109 Å². The third-order valence-corrected chi connectivity index (χ3v) is 12.1. The minimum atomic E-state index is -5.08. The zero-order valence-electron chi connectivity index (χ0n) is 38.3. The van der Waals surface area contributed by atoms with Gasteiger partial charge >= 0.3 is 18.1 Å². The van der Waals surface area contributed by atoms with Gasteiger partial charge in [-0.25, -0.2) is 9.59 Å². The number of carbonyl (C=O) groups excluding carboxylic acids is 3. The first-order valence-corrected chi connectivity index (χ1v) is 24.1. The third kappa shape index (κ3) is 19.5. The van der Waals surface area contributed by atoms with Gasteiger partial charge in [-0.15, -0.1) is 0 Å². The number of nitrogens with two attached hydrogens (primary N) is 1. The Hall–Kier alpha value is -6.06. The minimum absolute atomic E-state index is 0. The van der Waals surface area contributed by atoms with Crippen molar-refractivity contribution in [3.63, 3.8) is 0 Å². The fourth-order valence-electron chi connectivity index (χ4n) is 7.40. The Labute approximate surface area is 439 Å². The molecule has 400 valence electrons. The second-order valence-corrected chi connectivity index (χ2v) is 18.4. The number of hydrogen-bond acceptors (Lipinski definition) is 12. The molecule has 2 unspecified atom stereocenters. The number of halogens is 7. The van der Waals surface area contributed by atoms with E-state index in [0.29, 0.717) is 55.7 Å². The maximum atomic E-state index is 12.7. The average Bonchev–Trinajstić information content (AvgIpc) is 3.34. The molecule has 0 aromatic heterocycles. The van der Waals surface area contributed by atoms with E-state index in [2.05, 4.69) is 26.6 Å². The molecule has 0 spiro atoms. The maximum absolute atomic E-state index is 12.7. The van der Waals surface area contributed by atoms with E-state index in [0.717, 1.165) is 62.7 Å². The summed E-state index contributed by atoms with van der Waals surface area (Å²) in [7, 11) is 0. The van der Waals surface area contributed by atoms with Crippen molar-refractivity contribution in [2.75, 3.05) is 36.9 Å². The number of rotatable bonds is 11. The number of fused-ring (bicyclic) bond motifs is 2. The highest BCUT2D eigenvalue weighted by atomic mass is 35.5. The van der Waals surface area contributed by atoms with Gasteiger partial charge in [-0.2, -0.15) is 13.2 Å². The molecule has 8 rings (SSSR count). The van der Waals surface area contributed by atoms with E-state index >= 15 is 0 Å². The van der Waals surface area contributed by atoms with E-state index in [1.165, 1.54) is 0 Å². The lowest BCUT2D eigenvalue weighted by molar-refractivity contribution is -0.192. The molecule has 2 heterocycles. The standard InChI is InChI=1S/C23H25Cl2N3O4.C14H19ClN2O2.C9H8ClNO3.C2HF3O2.5H2/c24-14-1-8-18(9-2-14)31-13-22(29)27-16-4-6-17(7-5-16)28-23(30)21-12-26-19-10-3-15(25)11-20(19)32-21;15-10-1-7-13(8-2-10)19-9-14(18)17-12-5-3-11(16)4-6-12;10-5-1-2-6-7(3-5)14-8(4-11-6)9(12)13;3-2(4,5)1(6)7;;;;;/h1-3,8-11,16-17,21,26H,4-7,12-13H2,(H,27,29)(H,28,30);1-2,7-8,11-12H,3-6,9,16H2,(H,17,18);1-3,8,11H,4H2,(H,12,13);(H,6,7);5*1H. The van der Waals surface area contributed by atoms with Gasteiger partial charge in [0.1, 0.15) is 23.0 Å². The van der Waals surface area contributed by atoms with E-state index in [1.54, 1.807) is 78.9 Å². The summed E-state index contributed by atoms with van der Waals surface area (Å²) in [5.74, 6) is -1.83. The predicted octanol–water partition coefficient (Wildman–Crippen LogP) is 9.35. The Morgan fingerprint density at radius 1 is 0.597 bits per heavy atom. The van der Waals surface area contributed by atoms with Gasteiger partial charge in [0, 0.05) is 63.5 Å². The topological polar surface area (TPSA) is 249 Å². The molecule has 72 heavy (non-hydrogen) atoms. The molecule has 2 saturated carbocycles. The number of alkyl halides is 3. The smallest absolute Gasteiger partial charge is 0.484 e. The van der Waals surface area contributed by atoms with Crippen LogP contribution in [0.5, 0.6) is 23.0 Å². The van der Waals surface area contributed by atoms with Crippen molar-refractivity contribution in [2.24, 2.45) is 5.73 Å². The number of anilines is 2. The number of carboxylic acid groups (broad SMARTS) is 2. The van der Waals surface area contributed by atoms with Gasteiger partial charge in [-0.05, 0) is 124 Å². The van der Waals surface area contributed by atoms with E-state index in [-0.39, 0.29) is 62.7 Å². The zero-order chi connectivity index (χ0) is 52.4. The van der Waals surface area contributed by atoms with Crippen LogP contribution in [0.4, 0.5) is 24.5 Å². The zero-order valence-corrected chi connectivity index (χ0v) is 41.3. The van der Waals surface area contributed by atoms with Crippen LogP contribution < -0.4 is 51.3 Å². The molecule has 0 bridgehead atoms. The normalized spacial score (nSPS) is 20.6. The molecule has 2 fully saturated rings. The summed E-state index contributed by atoms with van der Waals surface area (Å²) in [6.07, 6.45) is 0.478. The second kappa shape index (κ2) is 27.7. The lowest BCUT2D eigenvalue weighted by Crippen LogP contribution is -2.50. The largest absolute Gasteiger partial charge is 0.490 e. The van der Waals surface area contributed by atoms with Crippen LogP contribution in [0.3, 0.4) is 0 Å². The number of benzene rings is 4. The van der Waals surface area contributed by atoms with Crippen LogP contribution in [0.1, 0.15) is 58.5 Å². The van der Waals surface area contributed by atoms with Crippen LogP contribution in [0, 0.1) is 0 Å². The predicted molar refractivity (Wildman–Crippen MR) is 275 cm³/mol. The summed E-state index contributed by atoms with van der Waals surface area (Å²) in [6, 6.07) is 24.9. The van der Waals surface area contributed by atoms with E-state index in [1.807, 2.05) is 6.07 Å². The summed E-state index contributed by atoms with van der Waals surface area (Å²) in [6.45, 7) is 0.656. The van der Waals surface area contributed by atoms with Crippen LogP contribution in [0.15, 0.2) is 84.9 Å². The lowest BCUT2D eigenvalue weighted by Gasteiger charge is -2.32. The Morgan fingerprint density at radius 3 is 1.36 bits per heavy atom. The summed E-state index contributed by atoms with van der Waals surface area (Å²) < 4.78 is 53.7. The number of amides is 3. The van der Waals surface area contributed by atoms with Gasteiger partial charge in [0.15, 0.2) is 19.3 Å².